The molecule has 20 heavy (non-hydrogen) atoms. The highest BCUT2D eigenvalue weighted by Crippen LogP contribution is 2.25. The van der Waals surface area contributed by atoms with E-state index in [0.29, 0.717) is 25.3 Å². The van der Waals surface area contributed by atoms with Crippen LogP contribution in [0.1, 0.15) is 12.0 Å². The average molecular weight is 277 g/mol. The normalized spacial score (nSPS) is 13.6. The second kappa shape index (κ2) is 7.02. The van der Waals surface area contributed by atoms with Crippen molar-refractivity contribution < 1.29 is 14.3 Å². The summed E-state index contributed by atoms with van der Waals surface area (Å²) in [5.41, 5.74) is 2.57. The molecule has 0 saturated carbocycles. The van der Waals surface area contributed by atoms with Gasteiger partial charge in [0.1, 0.15) is 0 Å². The fourth-order valence-electron chi connectivity index (χ4n) is 2.03. The Kier molecular flexibility index (Phi) is 5.09. The first-order valence-electron chi connectivity index (χ1n) is 6.61. The van der Waals surface area contributed by atoms with Gasteiger partial charge < -0.3 is 20.7 Å². The fraction of sp³-hybridized carbons (Fsp3) is 0.429. The summed E-state index contributed by atoms with van der Waals surface area (Å²) in [6.07, 6.45) is 1.26. The van der Waals surface area contributed by atoms with Crippen LogP contribution in [0.3, 0.4) is 0 Å². The number of nitrogens with one attached hydrogen (secondary N) is 3. The lowest BCUT2D eigenvalue weighted by molar-refractivity contribution is -0.116. The van der Waals surface area contributed by atoms with Gasteiger partial charge in [0, 0.05) is 31.5 Å². The molecular weight excluding hydrogens is 258 g/mol. The van der Waals surface area contributed by atoms with Crippen molar-refractivity contribution >= 4 is 23.2 Å². The molecule has 1 aliphatic rings. The van der Waals surface area contributed by atoms with Gasteiger partial charge in [0.2, 0.25) is 11.8 Å². The third kappa shape index (κ3) is 4.04. The Bertz CT molecular complexity index is 502. The van der Waals surface area contributed by atoms with Crippen LogP contribution in [-0.4, -0.2) is 38.6 Å². The van der Waals surface area contributed by atoms with E-state index in [-0.39, 0.29) is 18.4 Å². The Morgan fingerprint density at radius 2 is 2.25 bits per heavy atom. The second-order valence-corrected chi connectivity index (χ2v) is 4.64. The maximum absolute atomic E-state index is 11.7. The van der Waals surface area contributed by atoms with E-state index in [9.17, 15) is 9.59 Å². The van der Waals surface area contributed by atoms with Crippen LogP contribution in [0.4, 0.5) is 11.4 Å². The Morgan fingerprint density at radius 3 is 3.05 bits per heavy atom. The van der Waals surface area contributed by atoms with Crippen molar-refractivity contribution in [1.82, 2.24) is 5.32 Å². The van der Waals surface area contributed by atoms with Crippen LogP contribution in [-0.2, 0) is 20.7 Å². The molecule has 1 aromatic rings. The molecule has 0 radical (unpaired) electrons. The summed E-state index contributed by atoms with van der Waals surface area (Å²) in [4.78, 5) is 23.0. The number of ether oxygens (including phenoxy) is 1. The number of methoxy groups -OCH3 is 1. The van der Waals surface area contributed by atoms with Gasteiger partial charge in [0.25, 0.3) is 0 Å². The maximum atomic E-state index is 11.7. The van der Waals surface area contributed by atoms with Gasteiger partial charge in [-0.25, -0.2) is 0 Å². The standard InChI is InChI=1S/C14H19N3O3/c1-20-7-6-15-9-14(19)16-11-4-2-10-3-5-13(18)17-12(10)8-11/h2,4,8,15H,3,5-7,9H2,1H3,(H,16,19)(H,17,18). The van der Waals surface area contributed by atoms with Gasteiger partial charge in [0.15, 0.2) is 0 Å². The number of rotatable bonds is 6. The van der Waals surface area contributed by atoms with E-state index in [2.05, 4.69) is 16.0 Å². The Labute approximate surface area is 117 Å². The number of carbonyl (C=O) groups is 2. The molecule has 0 spiro atoms. The minimum atomic E-state index is -0.122. The van der Waals surface area contributed by atoms with E-state index >= 15 is 0 Å². The second-order valence-electron chi connectivity index (χ2n) is 4.64. The number of hydrogen-bond donors (Lipinski definition) is 3. The van der Waals surface area contributed by atoms with Crippen molar-refractivity contribution in [3.8, 4) is 0 Å². The van der Waals surface area contributed by atoms with Crippen molar-refractivity contribution in [2.24, 2.45) is 0 Å². The molecule has 1 heterocycles. The predicted octanol–water partition coefficient (Wildman–Crippen LogP) is 0.746. The maximum Gasteiger partial charge on any atom is 0.238 e. The minimum absolute atomic E-state index is 0.0159. The highest BCUT2D eigenvalue weighted by atomic mass is 16.5. The molecule has 0 aromatic heterocycles. The lowest BCUT2D eigenvalue weighted by atomic mass is 10.0. The van der Waals surface area contributed by atoms with Crippen LogP contribution >= 0.6 is 0 Å². The van der Waals surface area contributed by atoms with Crippen molar-refractivity contribution in [1.29, 1.82) is 0 Å². The van der Waals surface area contributed by atoms with Gasteiger partial charge in [-0.15, -0.1) is 0 Å². The van der Waals surface area contributed by atoms with Crippen LogP contribution in [0.15, 0.2) is 18.2 Å². The molecule has 0 aliphatic carbocycles. The van der Waals surface area contributed by atoms with Crippen LogP contribution < -0.4 is 16.0 Å². The number of aryl methyl sites for hydroxylation is 1. The molecule has 0 atom stereocenters. The Morgan fingerprint density at radius 1 is 1.40 bits per heavy atom. The number of carbonyl (C=O) groups excluding carboxylic acids is 2. The molecule has 6 nitrogen and oxygen atoms in total. The van der Waals surface area contributed by atoms with Crippen molar-refractivity contribution in [2.75, 3.05) is 37.4 Å². The van der Waals surface area contributed by atoms with Crippen molar-refractivity contribution in [3.05, 3.63) is 23.8 Å². The summed E-state index contributed by atoms with van der Waals surface area (Å²) in [5.74, 6) is -0.106. The third-order valence-electron chi connectivity index (χ3n) is 3.06. The summed E-state index contributed by atoms with van der Waals surface area (Å²) in [6, 6.07) is 5.57. The number of fused-ring (bicyclic) bond motifs is 1. The molecule has 2 amide bonds. The first kappa shape index (κ1) is 14.5. The first-order valence-corrected chi connectivity index (χ1v) is 6.61. The van der Waals surface area contributed by atoms with E-state index in [4.69, 9.17) is 4.74 Å². The number of amides is 2. The molecular formula is C14H19N3O3. The molecule has 3 N–H and O–H groups in total. The van der Waals surface area contributed by atoms with Gasteiger partial charge in [-0.2, -0.15) is 0 Å². The van der Waals surface area contributed by atoms with Crippen LogP contribution in [0.5, 0.6) is 0 Å². The van der Waals surface area contributed by atoms with E-state index in [1.54, 1.807) is 13.2 Å². The molecule has 1 aromatic carbocycles. The Balaban J connectivity index is 1.88. The summed E-state index contributed by atoms with van der Waals surface area (Å²) in [7, 11) is 1.61. The first-order chi connectivity index (χ1) is 9.69. The quantitative estimate of drug-likeness (QED) is 0.670. The molecule has 0 unspecified atom stereocenters. The van der Waals surface area contributed by atoms with E-state index < -0.39 is 0 Å². The topological polar surface area (TPSA) is 79.5 Å². The SMILES string of the molecule is COCCNCC(=O)Nc1ccc2c(c1)NC(=O)CC2. The van der Waals surface area contributed by atoms with Crippen LogP contribution in [0.25, 0.3) is 0 Å². The molecule has 1 aliphatic heterocycles. The van der Waals surface area contributed by atoms with Crippen LogP contribution in [0, 0.1) is 0 Å². The zero-order valence-corrected chi connectivity index (χ0v) is 11.5. The summed E-state index contributed by atoms with van der Waals surface area (Å²) in [5, 5.41) is 8.57. The summed E-state index contributed by atoms with van der Waals surface area (Å²) < 4.78 is 4.88. The number of anilines is 2. The van der Waals surface area contributed by atoms with Gasteiger partial charge in [-0.3, -0.25) is 9.59 Å². The highest BCUT2D eigenvalue weighted by Gasteiger charge is 2.15. The lowest BCUT2D eigenvalue weighted by Gasteiger charge is -2.17. The Hall–Kier alpha value is -1.92. The van der Waals surface area contributed by atoms with E-state index in [1.165, 1.54) is 0 Å². The fourth-order valence-corrected chi connectivity index (χ4v) is 2.03. The van der Waals surface area contributed by atoms with Gasteiger partial charge in [-0.05, 0) is 24.1 Å². The zero-order chi connectivity index (χ0) is 14.4. The molecule has 108 valence electrons. The largest absolute Gasteiger partial charge is 0.383 e. The van der Waals surface area contributed by atoms with Gasteiger partial charge in [0.05, 0.1) is 13.2 Å². The minimum Gasteiger partial charge on any atom is -0.383 e. The number of hydrogen-bond acceptors (Lipinski definition) is 4. The molecule has 0 saturated heterocycles. The summed E-state index contributed by atoms with van der Waals surface area (Å²) in [6.45, 7) is 1.43. The zero-order valence-electron chi connectivity index (χ0n) is 11.5. The lowest BCUT2D eigenvalue weighted by Crippen LogP contribution is -2.30. The monoisotopic (exact) mass is 277 g/mol. The number of benzene rings is 1. The van der Waals surface area contributed by atoms with Crippen molar-refractivity contribution in [2.45, 2.75) is 12.8 Å². The third-order valence-corrected chi connectivity index (χ3v) is 3.06. The summed E-state index contributed by atoms with van der Waals surface area (Å²) >= 11 is 0. The smallest absolute Gasteiger partial charge is 0.238 e. The van der Waals surface area contributed by atoms with E-state index in [0.717, 1.165) is 17.7 Å². The predicted molar refractivity (Wildman–Crippen MR) is 76.8 cm³/mol. The molecule has 0 bridgehead atoms. The van der Waals surface area contributed by atoms with Crippen LogP contribution in [0.2, 0.25) is 0 Å². The molecule has 0 fully saturated rings. The van der Waals surface area contributed by atoms with Gasteiger partial charge >= 0.3 is 0 Å². The van der Waals surface area contributed by atoms with Crippen molar-refractivity contribution in [3.63, 3.8) is 0 Å². The molecule has 6 heteroatoms. The van der Waals surface area contributed by atoms with E-state index in [1.807, 2.05) is 12.1 Å². The van der Waals surface area contributed by atoms with Gasteiger partial charge in [-0.1, -0.05) is 6.07 Å². The average Bonchev–Trinajstić information content (AvgIpc) is 2.43. The molecule has 2 rings (SSSR count). The highest BCUT2D eigenvalue weighted by molar-refractivity contribution is 5.96.